The second-order valence-corrected chi connectivity index (χ2v) is 7.43. The van der Waals surface area contributed by atoms with Gasteiger partial charge >= 0.3 is 6.09 Å². The molecule has 0 aliphatic heterocycles. The van der Waals surface area contributed by atoms with Crippen molar-refractivity contribution in [1.82, 2.24) is 10.3 Å². The van der Waals surface area contributed by atoms with Crippen LogP contribution in [-0.4, -0.2) is 34.9 Å². The van der Waals surface area contributed by atoms with Gasteiger partial charge in [-0.05, 0) is 54.8 Å². The Balaban J connectivity index is 2.62. The molecule has 1 aromatic rings. The summed E-state index contributed by atoms with van der Waals surface area (Å²) in [7, 11) is 0. The van der Waals surface area contributed by atoms with Gasteiger partial charge in [-0.15, -0.1) is 0 Å². The van der Waals surface area contributed by atoms with Crippen LogP contribution in [0.5, 0.6) is 0 Å². The zero-order chi connectivity index (χ0) is 16.1. The molecule has 5 nitrogen and oxygen atoms in total. The molecule has 1 atom stereocenters. The molecular formula is C15H23BrN2O3. The molecule has 1 heterocycles. The second-order valence-electron chi connectivity index (χ2n) is 6.51. The standard InChI is InChI=1S/C15H23BrN2O3/c1-14(2,3)21-13(20)18-9-15(4,10-19)6-11-5-12(16)8-17-7-11/h5,7-8,19H,6,9-10H2,1-4H3,(H,18,20). The number of nitrogens with zero attached hydrogens (tertiary/aromatic N) is 1. The quantitative estimate of drug-likeness (QED) is 0.848. The lowest BCUT2D eigenvalue weighted by atomic mass is 9.85. The summed E-state index contributed by atoms with van der Waals surface area (Å²) in [5, 5.41) is 12.3. The first kappa shape index (κ1) is 17.9. The fourth-order valence-electron chi connectivity index (χ4n) is 1.82. The van der Waals surface area contributed by atoms with Crippen LogP contribution in [0.1, 0.15) is 33.3 Å². The predicted molar refractivity (Wildman–Crippen MR) is 85.1 cm³/mol. The number of carbonyl (C=O) groups is 1. The van der Waals surface area contributed by atoms with Crippen LogP contribution >= 0.6 is 15.9 Å². The molecule has 0 spiro atoms. The molecule has 0 aliphatic rings. The van der Waals surface area contributed by atoms with E-state index in [-0.39, 0.29) is 6.61 Å². The van der Waals surface area contributed by atoms with Crippen molar-refractivity contribution in [3.63, 3.8) is 0 Å². The maximum absolute atomic E-state index is 11.7. The van der Waals surface area contributed by atoms with Crippen LogP contribution in [0.2, 0.25) is 0 Å². The van der Waals surface area contributed by atoms with Crippen LogP contribution in [0.15, 0.2) is 22.9 Å². The van der Waals surface area contributed by atoms with Gasteiger partial charge < -0.3 is 15.2 Å². The van der Waals surface area contributed by atoms with Crippen molar-refractivity contribution in [2.75, 3.05) is 13.2 Å². The molecule has 0 fully saturated rings. The minimum atomic E-state index is -0.534. The van der Waals surface area contributed by atoms with E-state index >= 15 is 0 Å². The smallest absolute Gasteiger partial charge is 0.407 e. The lowest BCUT2D eigenvalue weighted by Crippen LogP contribution is -2.41. The summed E-state index contributed by atoms with van der Waals surface area (Å²) in [5.74, 6) is 0. The Hall–Kier alpha value is -1.14. The van der Waals surface area contributed by atoms with Crippen LogP contribution in [-0.2, 0) is 11.2 Å². The van der Waals surface area contributed by atoms with Crippen molar-refractivity contribution < 1.29 is 14.6 Å². The molecular weight excluding hydrogens is 336 g/mol. The van der Waals surface area contributed by atoms with Gasteiger partial charge in [-0.1, -0.05) is 6.92 Å². The summed E-state index contributed by atoms with van der Waals surface area (Å²) in [6.07, 6.45) is 3.59. The maximum Gasteiger partial charge on any atom is 0.407 e. The van der Waals surface area contributed by atoms with Gasteiger partial charge in [0.1, 0.15) is 5.60 Å². The summed E-state index contributed by atoms with van der Waals surface area (Å²) >= 11 is 3.37. The number of ether oxygens (including phenoxy) is 1. The second kappa shape index (κ2) is 7.22. The van der Waals surface area contributed by atoms with E-state index in [2.05, 4.69) is 26.2 Å². The Bertz CT molecular complexity index is 488. The summed E-state index contributed by atoms with van der Waals surface area (Å²) < 4.78 is 6.08. The van der Waals surface area contributed by atoms with Gasteiger partial charge in [-0.3, -0.25) is 4.98 Å². The number of nitrogens with one attached hydrogen (secondary N) is 1. The number of amides is 1. The van der Waals surface area contributed by atoms with Crippen molar-refractivity contribution in [3.8, 4) is 0 Å². The van der Waals surface area contributed by atoms with E-state index in [0.29, 0.717) is 13.0 Å². The Kier molecular flexibility index (Phi) is 6.16. The first-order valence-corrected chi connectivity index (χ1v) is 7.60. The van der Waals surface area contributed by atoms with Crippen LogP contribution in [0.3, 0.4) is 0 Å². The number of pyridine rings is 1. The summed E-state index contributed by atoms with van der Waals surface area (Å²) in [6, 6.07) is 1.95. The molecule has 0 aromatic carbocycles. The fraction of sp³-hybridized carbons (Fsp3) is 0.600. The van der Waals surface area contributed by atoms with Gasteiger partial charge in [0.2, 0.25) is 0 Å². The number of aliphatic hydroxyl groups excluding tert-OH is 1. The molecule has 6 heteroatoms. The van der Waals surface area contributed by atoms with Crippen molar-refractivity contribution >= 4 is 22.0 Å². The average molecular weight is 359 g/mol. The molecule has 118 valence electrons. The number of aliphatic hydroxyl groups is 1. The predicted octanol–water partition coefficient (Wildman–Crippen LogP) is 2.91. The highest BCUT2D eigenvalue weighted by Crippen LogP contribution is 2.22. The number of carbonyl (C=O) groups excluding carboxylic acids is 1. The monoisotopic (exact) mass is 358 g/mol. The lowest BCUT2D eigenvalue weighted by Gasteiger charge is -2.28. The number of aromatic nitrogens is 1. The van der Waals surface area contributed by atoms with Crippen molar-refractivity contribution in [2.45, 2.75) is 39.7 Å². The summed E-state index contributed by atoms with van der Waals surface area (Å²) in [5.41, 5.74) is -0.0141. The zero-order valence-corrected chi connectivity index (χ0v) is 14.5. The fourth-order valence-corrected chi connectivity index (χ4v) is 2.23. The Morgan fingerprint density at radius 1 is 1.38 bits per heavy atom. The molecule has 0 radical (unpaired) electrons. The van der Waals surface area contributed by atoms with Crippen molar-refractivity contribution in [1.29, 1.82) is 0 Å². The molecule has 1 rings (SSSR count). The highest BCUT2D eigenvalue weighted by Gasteiger charge is 2.26. The largest absolute Gasteiger partial charge is 0.444 e. The number of rotatable bonds is 5. The van der Waals surface area contributed by atoms with Gasteiger partial charge in [0, 0.05) is 28.8 Å². The van der Waals surface area contributed by atoms with E-state index in [4.69, 9.17) is 4.74 Å². The van der Waals surface area contributed by atoms with Crippen LogP contribution < -0.4 is 5.32 Å². The van der Waals surface area contributed by atoms with Gasteiger partial charge in [0.05, 0.1) is 6.61 Å². The van der Waals surface area contributed by atoms with E-state index in [9.17, 15) is 9.90 Å². The Morgan fingerprint density at radius 2 is 2.05 bits per heavy atom. The Morgan fingerprint density at radius 3 is 2.57 bits per heavy atom. The summed E-state index contributed by atoms with van der Waals surface area (Å²) in [6.45, 7) is 7.62. The van der Waals surface area contributed by atoms with Crippen molar-refractivity contribution in [3.05, 3.63) is 28.5 Å². The molecule has 0 saturated heterocycles. The van der Waals surface area contributed by atoms with E-state index in [1.165, 1.54) is 0 Å². The maximum atomic E-state index is 11.7. The van der Waals surface area contributed by atoms with Crippen LogP contribution in [0, 0.1) is 5.41 Å². The average Bonchev–Trinajstić information content (AvgIpc) is 2.34. The van der Waals surface area contributed by atoms with Gasteiger partial charge in [-0.25, -0.2) is 4.79 Å². The molecule has 0 bridgehead atoms. The van der Waals surface area contributed by atoms with Gasteiger partial charge in [0.25, 0.3) is 0 Å². The molecule has 1 unspecified atom stereocenters. The molecule has 21 heavy (non-hydrogen) atoms. The molecule has 1 aromatic heterocycles. The van der Waals surface area contributed by atoms with E-state index in [1.54, 1.807) is 12.4 Å². The third kappa shape index (κ3) is 6.91. The number of alkyl carbamates (subject to hydrolysis) is 1. The number of hydrogen-bond acceptors (Lipinski definition) is 4. The van der Waals surface area contributed by atoms with Gasteiger partial charge in [0.15, 0.2) is 0 Å². The molecule has 0 aliphatic carbocycles. The third-order valence-electron chi connectivity index (χ3n) is 2.83. The molecule has 1 amide bonds. The van der Waals surface area contributed by atoms with E-state index in [1.807, 2.05) is 33.8 Å². The first-order valence-electron chi connectivity index (χ1n) is 6.81. The minimum absolute atomic E-state index is 0.0463. The normalized spacial score (nSPS) is 14.4. The lowest BCUT2D eigenvalue weighted by molar-refractivity contribution is 0.0478. The Labute approximate surface area is 134 Å². The van der Waals surface area contributed by atoms with E-state index in [0.717, 1.165) is 10.0 Å². The zero-order valence-electron chi connectivity index (χ0n) is 12.9. The third-order valence-corrected chi connectivity index (χ3v) is 3.27. The first-order chi connectivity index (χ1) is 9.63. The molecule has 0 saturated carbocycles. The topological polar surface area (TPSA) is 71.5 Å². The van der Waals surface area contributed by atoms with Crippen LogP contribution in [0.25, 0.3) is 0 Å². The highest BCUT2D eigenvalue weighted by molar-refractivity contribution is 9.10. The minimum Gasteiger partial charge on any atom is -0.444 e. The molecule has 2 N–H and O–H groups in total. The van der Waals surface area contributed by atoms with Crippen LogP contribution in [0.4, 0.5) is 4.79 Å². The summed E-state index contributed by atoms with van der Waals surface area (Å²) in [4.78, 5) is 15.8. The number of hydrogen-bond donors (Lipinski definition) is 2. The SMILES string of the molecule is CC(CO)(CNC(=O)OC(C)(C)C)Cc1cncc(Br)c1. The van der Waals surface area contributed by atoms with Gasteiger partial charge in [-0.2, -0.15) is 0 Å². The van der Waals surface area contributed by atoms with Crippen molar-refractivity contribution in [2.24, 2.45) is 5.41 Å². The highest BCUT2D eigenvalue weighted by atomic mass is 79.9. The number of halogens is 1. The van der Waals surface area contributed by atoms with E-state index < -0.39 is 17.1 Å².